The van der Waals surface area contributed by atoms with Gasteiger partial charge in [-0.25, -0.2) is 0 Å². The van der Waals surface area contributed by atoms with E-state index in [0.29, 0.717) is 12.0 Å². The van der Waals surface area contributed by atoms with Crippen LogP contribution in [0.4, 0.5) is 0 Å². The second-order valence-corrected chi connectivity index (χ2v) is 7.78. The topological polar surface area (TPSA) is 12.0 Å². The van der Waals surface area contributed by atoms with Gasteiger partial charge in [-0.2, -0.15) is 0 Å². The Balaban J connectivity index is 2.29. The lowest BCUT2D eigenvalue weighted by atomic mass is 9.63. The van der Waals surface area contributed by atoms with Crippen LogP contribution in [0.15, 0.2) is 18.2 Å². The number of halogens is 1. The van der Waals surface area contributed by atoms with Gasteiger partial charge in [0.1, 0.15) is 0 Å². The highest BCUT2D eigenvalue weighted by molar-refractivity contribution is 6.31. The summed E-state index contributed by atoms with van der Waals surface area (Å²) >= 11 is 6.36. The van der Waals surface area contributed by atoms with Gasteiger partial charge in [-0.05, 0) is 60.8 Å². The first-order valence-corrected chi connectivity index (χ1v) is 8.74. The molecular weight excluding hydrogens is 278 g/mol. The van der Waals surface area contributed by atoms with Crippen LogP contribution in [0.1, 0.15) is 58.1 Å². The molecule has 1 fully saturated rings. The molecule has 0 radical (unpaired) electrons. The smallest absolute Gasteiger partial charge is 0.0438 e. The van der Waals surface area contributed by atoms with Gasteiger partial charge < -0.3 is 5.32 Å². The van der Waals surface area contributed by atoms with E-state index in [2.05, 4.69) is 58.1 Å². The zero-order valence-corrected chi connectivity index (χ0v) is 14.9. The van der Waals surface area contributed by atoms with Gasteiger partial charge in [0.2, 0.25) is 0 Å². The third-order valence-electron chi connectivity index (χ3n) is 5.42. The first kappa shape index (κ1) is 16.8. The predicted molar refractivity (Wildman–Crippen MR) is 93.2 cm³/mol. The number of hydrogen-bond acceptors (Lipinski definition) is 1. The Morgan fingerprint density at radius 2 is 2.00 bits per heavy atom. The van der Waals surface area contributed by atoms with Crippen molar-refractivity contribution in [2.45, 2.75) is 65.3 Å². The van der Waals surface area contributed by atoms with Crippen LogP contribution in [-0.2, 0) is 5.41 Å². The highest BCUT2D eigenvalue weighted by atomic mass is 35.5. The van der Waals surface area contributed by atoms with E-state index in [1.165, 1.54) is 24.8 Å². The van der Waals surface area contributed by atoms with E-state index in [4.69, 9.17) is 11.6 Å². The molecule has 0 aliphatic heterocycles. The fourth-order valence-electron chi connectivity index (χ4n) is 3.94. The van der Waals surface area contributed by atoms with E-state index in [1.807, 2.05) is 0 Å². The van der Waals surface area contributed by atoms with Gasteiger partial charge in [0.15, 0.2) is 0 Å². The van der Waals surface area contributed by atoms with Crippen LogP contribution in [0.5, 0.6) is 0 Å². The van der Waals surface area contributed by atoms with E-state index in [0.717, 1.165) is 23.0 Å². The van der Waals surface area contributed by atoms with Gasteiger partial charge in [-0.1, -0.05) is 57.8 Å². The van der Waals surface area contributed by atoms with E-state index in [9.17, 15) is 0 Å². The zero-order chi connectivity index (χ0) is 15.6. The summed E-state index contributed by atoms with van der Waals surface area (Å²) in [7, 11) is 0. The van der Waals surface area contributed by atoms with E-state index in [1.54, 1.807) is 0 Å². The maximum absolute atomic E-state index is 6.36. The minimum absolute atomic E-state index is 0.157. The minimum atomic E-state index is 0.157. The Bertz CT molecular complexity index is 480. The van der Waals surface area contributed by atoms with Crippen LogP contribution in [0.3, 0.4) is 0 Å². The van der Waals surface area contributed by atoms with Crippen molar-refractivity contribution in [1.29, 1.82) is 0 Å². The molecule has 2 heteroatoms. The summed E-state index contributed by atoms with van der Waals surface area (Å²) in [5, 5.41) is 4.63. The van der Waals surface area contributed by atoms with Crippen molar-refractivity contribution in [3.63, 3.8) is 0 Å². The standard InChI is InChI=1S/C19H30ClN/c1-6-21-18-11-13(2)7-10-16(18)19(4,5)15-9-8-14(3)17(20)12-15/h8-9,12-13,16,18,21H,6-7,10-11H2,1-5H3. The molecule has 1 N–H and O–H groups in total. The van der Waals surface area contributed by atoms with E-state index < -0.39 is 0 Å². The number of benzene rings is 1. The summed E-state index contributed by atoms with van der Waals surface area (Å²) in [5.74, 6) is 1.51. The summed E-state index contributed by atoms with van der Waals surface area (Å²) in [6, 6.07) is 7.22. The van der Waals surface area contributed by atoms with Crippen molar-refractivity contribution in [1.82, 2.24) is 5.32 Å². The van der Waals surface area contributed by atoms with Crippen molar-refractivity contribution in [2.24, 2.45) is 11.8 Å². The van der Waals surface area contributed by atoms with Crippen LogP contribution >= 0.6 is 11.6 Å². The van der Waals surface area contributed by atoms with Gasteiger partial charge in [-0.15, -0.1) is 0 Å². The molecule has 1 saturated carbocycles. The molecule has 1 aliphatic carbocycles. The van der Waals surface area contributed by atoms with E-state index in [-0.39, 0.29) is 5.41 Å². The molecule has 3 atom stereocenters. The Hall–Kier alpha value is -0.530. The Labute approximate surface area is 135 Å². The van der Waals surface area contributed by atoms with Gasteiger partial charge >= 0.3 is 0 Å². The monoisotopic (exact) mass is 307 g/mol. The normalized spacial score (nSPS) is 26.9. The second kappa shape index (κ2) is 6.71. The first-order chi connectivity index (χ1) is 9.86. The van der Waals surface area contributed by atoms with Crippen LogP contribution in [-0.4, -0.2) is 12.6 Å². The van der Waals surface area contributed by atoms with Crippen LogP contribution in [0, 0.1) is 18.8 Å². The zero-order valence-electron chi connectivity index (χ0n) is 14.2. The average molecular weight is 308 g/mol. The molecule has 3 unspecified atom stereocenters. The Morgan fingerprint density at radius 3 is 2.62 bits per heavy atom. The lowest BCUT2D eigenvalue weighted by molar-refractivity contribution is 0.147. The van der Waals surface area contributed by atoms with Crippen molar-refractivity contribution in [3.8, 4) is 0 Å². The molecule has 1 aromatic carbocycles. The molecule has 0 aromatic heterocycles. The predicted octanol–water partition coefficient (Wildman–Crippen LogP) is 5.34. The number of aryl methyl sites for hydroxylation is 1. The SMILES string of the molecule is CCNC1CC(C)CCC1C(C)(C)c1ccc(C)c(Cl)c1. The highest BCUT2D eigenvalue weighted by Gasteiger charge is 2.39. The van der Waals surface area contributed by atoms with Gasteiger partial charge in [-0.3, -0.25) is 0 Å². The number of nitrogens with one attached hydrogen (secondary N) is 1. The quantitative estimate of drug-likeness (QED) is 0.791. The third kappa shape index (κ3) is 3.63. The number of rotatable bonds is 4. The number of hydrogen-bond donors (Lipinski definition) is 1. The molecule has 0 saturated heterocycles. The molecule has 0 bridgehead atoms. The molecular formula is C19H30ClN. The molecule has 1 aromatic rings. The lowest BCUT2D eigenvalue weighted by Crippen LogP contribution is -2.48. The largest absolute Gasteiger partial charge is 0.314 e. The summed E-state index contributed by atoms with van der Waals surface area (Å²) < 4.78 is 0. The van der Waals surface area contributed by atoms with Gasteiger partial charge in [0, 0.05) is 11.1 Å². The van der Waals surface area contributed by atoms with Crippen LogP contribution in [0.25, 0.3) is 0 Å². The molecule has 0 amide bonds. The van der Waals surface area contributed by atoms with Gasteiger partial charge in [0.25, 0.3) is 0 Å². The Morgan fingerprint density at radius 1 is 1.29 bits per heavy atom. The lowest BCUT2D eigenvalue weighted by Gasteiger charge is -2.45. The molecule has 2 rings (SSSR count). The van der Waals surface area contributed by atoms with Crippen LogP contribution < -0.4 is 5.32 Å². The van der Waals surface area contributed by atoms with Crippen molar-refractivity contribution >= 4 is 11.6 Å². The third-order valence-corrected chi connectivity index (χ3v) is 5.83. The summed E-state index contributed by atoms with van der Waals surface area (Å²) in [6.45, 7) is 12.5. The average Bonchev–Trinajstić information content (AvgIpc) is 2.42. The molecule has 21 heavy (non-hydrogen) atoms. The second-order valence-electron chi connectivity index (χ2n) is 7.37. The maximum atomic E-state index is 6.36. The minimum Gasteiger partial charge on any atom is -0.314 e. The molecule has 118 valence electrons. The summed E-state index contributed by atoms with van der Waals surface area (Å²) in [4.78, 5) is 0. The first-order valence-electron chi connectivity index (χ1n) is 8.36. The Kier molecular flexibility index (Phi) is 5.38. The molecule has 0 spiro atoms. The molecule has 0 heterocycles. The highest BCUT2D eigenvalue weighted by Crippen LogP contribution is 2.43. The van der Waals surface area contributed by atoms with E-state index >= 15 is 0 Å². The summed E-state index contributed by atoms with van der Waals surface area (Å²) in [6.07, 6.45) is 3.94. The maximum Gasteiger partial charge on any atom is 0.0438 e. The molecule has 1 nitrogen and oxygen atoms in total. The van der Waals surface area contributed by atoms with Crippen LogP contribution in [0.2, 0.25) is 5.02 Å². The molecule has 1 aliphatic rings. The fraction of sp³-hybridized carbons (Fsp3) is 0.684. The van der Waals surface area contributed by atoms with Gasteiger partial charge in [0.05, 0.1) is 0 Å². The van der Waals surface area contributed by atoms with Crippen molar-refractivity contribution in [3.05, 3.63) is 34.3 Å². The van der Waals surface area contributed by atoms with Crippen molar-refractivity contribution < 1.29 is 0 Å². The fourth-order valence-corrected chi connectivity index (χ4v) is 4.12. The van der Waals surface area contributed by atoms with Crippen molar-refractivity contribution in [2.75, 3.05) is 6.54 Å². The summed E-state index contributed by atoms with van der Waals surface area (Å²) in [5.41, 5.74) is 2.70.